The average molecular weight is 795 g/mol. The molecule has 284 valence electrons. The quantitative estimate of drug-likeness (QED) is 0.163. The first-order valence-electron chi connectivity index (χ1n) is 20.6. The van der Waals surface area contributed by atoms with Crippen LogP contribution in [0.4, 0.5) is 0 Å². The molecule has 0 spiro atoms. The average Bonchev–Trinajstić information content (AvgIpc) is 4.01. The second-order valence-corrected chi connectivity index (χ2v) is 16.8. The van der Waals surface area contributed by atoms with Crippen molar-refractivity contribution in [3.8, 4) is 44.2 Å². The summed E-state index contributed by atoms with van der Waals surface area (Å²) in [5.41, 5.74) is 14.4. The van der Waals surface area contributed by atoms with E-state index in [1.807, 2.05) is 23.6 Å². The van der Waals surface area contributed by atoms with Gasteiger partial charge in [0.1, 0.15) is 5.00 Å². The number of hydrogen-bond acceptors (Lipinski definition) is 3. The van der Waals surface area contributed by atoms with Crippen LogP contribution in [0.25, 0.3) is 120 Å². The van der Waals surface area contributed by atoms with Gasteiger partial charge in [-0.1, -0.05) is 140 Å². The van der Waals surface area contributed by atoms with Crippen LogP contribution in [0, 0.1) is 0 Å². The van der Waals surface area contributed by atoms with E-state index in [2.05, 4.69) is 203 Å². The Labute approximate surface area is 354 Å². The van der Waals surface area contributed by atoms with Crippen molar-refractivity contribution in [2.24, 2.45) is 0 Å². The predicted octanol–water partition coefficient (Wildman–Crippen LogP) is 15.2. The molecule has 0 aliphatic heterocycles. The monoisotopic (exact) mass is 794 g/mol. The summed E-state index contributed by atoms with van der Waals surface area (Å²) >= 11 is 1.84. The molecular formula is C56H34N4S. The first-order chi connectivity index (χ1) is 30.2. The van der Waals surface area contributed by atoms with E-state index in [-0.39, 0.29) is 0 Å². The van der Waals surface area contributed by atoms with E-state index in [4.69, 9.17) is 9.97 Å². The molecule has 0 saturated heterocycles. The number of benzene rings is 8. The Morgan fingerprint density at radius 1 is 0.393 bits per heavy atom. The van der Waals surface area contributed by atoms with E-state index in [0.29, 0.717) is 0 Å². The Bertz CT molecular complexity index is 3840. The van der Waals surface area contributed by atoms with Crippen molar-refractivity contribution in [2.75, 3.05) is 0 Å². The highest BCUT2D eigenvalue weighted by molar-refractivity contribution is 7.21. The number of fused-ring (bicyclic) bond motifs is 10. The van der Waals surface area contributed by atoms with Crippen molar-refractivity contribution < 1.29 is 0 Å². The molecule has 13 rings (SSSR count). The zero-order valence-electron chi connectivity index (χ0n) is 32.8. The molecule has 0 N–H and O–H groups in total. The molecule has 5 aromatic heterocycles. The minimum atomic E-state index is 0.912. The third-order valence-corrected chi connectivity index (χ3v) is 13.5. The Morgan fingerprint density at radius 3 is 1.95 bits per heavy atom. The lowest BCUT2D eigenvalue weighted by atomic mass is 9.97. The molecular weight excluding hydrogens is 761 g/mol. The Balaban J connectivity index is 0.986. The molecule has 0 saturated carbocycles. The summed E-state index contributed by atoms with van der Waals surface area (Å²) in [6.45, 7) is 0. The van der Waals surface area contributed by atoms with Gasteiger partial charge in [0.15, 0.2) is 0 Å². The first-order valence-corrected chi connectivity index (χ1v) is 21.5. The standard InChI is InChI=1S/C56H34N4S/c1-2-12-35(13-3-1)46-34-48(58-55-44(46)29-25-37-15-11-31-57-54(37)55)36-23-27-40(28-24-36)59-49-20-7-5-16-42(49)45-19-10-18-41(56(45)59)38-26-30-51-47(32-38)43-17-6-8-21-50(43)60(51)53-33-39-14-4-9-22-52(39)61-53/h1-34H. The van der Waals surface area contributed by atoms with Crippen LogP contribution in [0.3, 0.4) is 0 Å². The fourth-order valence-electron chi connectivity index (χ4n) is 9.59. The second-order valence-electron chi connectivity index (χ2n) is 15.8. The zero-order chi connectivity index (χ0) is 40.0. The normalized spacial score (nSPS) is 11.9. The number of nitrogens with zero attached hydrogens (tertiary/aromatic N) is 4. The molecule has 0 amide bonds. The van der Waals surface area contributed by atoms with E-state index in [0.717, 1.165) is 49.9 Å². The van der Waals surface area contributed by atoms with Gasteiger partial charge in [-0.05, 0) is 82.7 Å². The molecule has 5 heterocycles. The summed E-state index contributed by atoms with van der Waals surface area (Å²) in [7, 11) is 0. The molecule has 0 fully saturated rings. The SMILES string of the molecule is c1ccc(-c2cc(-c3ccc(-n4c5ccccc5c5cccc(-c6ccc7c(c6)c6ccccc6n7-c6cc7ccccc7s6)c54)cc3)nc3c2ccc2cccnc23)cc1. The molecule has 8 aromatic carbocycles. The topological polar surface area (TPSA) is 35.6 Å². The summed E-state index contributed by atoms with van der Waals surface area (Å²) in [5, 5.41) is 9.63. The van der Waals surface area contributed by atoms with E-state index < -0.39 is 0 Å². The summed E-state index contributed by atoms with van der Waals surface area (Å²) in [5.74, 6) is 0. The van der Waals surface area contributed by atoms with E-state index in [9.17, 15) is 0 Å². The summed E-state index contributed by atoms with van der Waals surface area (Å²) in [4.78, 5) is 10.1. The molecule has 61 heavy (non-hydrogen) atoms. The predicted molar refractivity (Wildman–Crippen MR) is 257 cm³/mol. The maximum Gasteiger partial charge on any atom is 0.101 e. The minimum Gasteiger partial charge on any atom is -0.309 e. The molecule has 0 aliphatic carbocycles. The van der Waals surface area contributed by atoms with E-state index >= 15 is 0 Å². The van der Waals surface area contributed by atoms with E-state index in [1.54, 1.807) is 0 Å². The van der Waals surface area contributed by atoms with Crippen LogP contribution in [-0.4, -0.2) is 19.1 Å². The number of thiophene rings is 1. The Kier molecular flexibility index (Phi) is 7.44. The molecule has 0 atom stereocenters. The molecule has 0 bridgehead atoms. The van der Waals surface area contributed by atoms with Crippen molar-refractivity contribution in [2.45, 2.75) is 0 Å². The number of pyridine rings is 2. The van der Waals surface area contributed by atoms with Crippen molar-refractivity contribution in [1.29, 1.82) is 0 Å². The van der Waals surface area contributed by atoms with Gasteiger partial charge in [0.25, 0.3) is 0 Å². The molecule has 0 aliphatic rings. The maximum absolute atomic E-state index is 5.31. The third-order valence-electron chi connectivity index (χ3n) is 12.4. The smallest absolute Gasteiger partial charge is 0.101 e. The van der Waals surface area contributed by atoms with E-state index in [1.165, 1.54) is 69.8 Å². The largest absolute Gasteiger partial charge is 0.309 e. The minimum absolute atomic E-state index is 0.912. The molecule has 0 unspecified atom stereocenters. The van der Waals surface area contributed by atoms with Gasteiger partial charge in [-0.15, -0.1) is 11.3 Å². The van der Waals surface area contributed by atoms with Gasteiger partial charge in [-0.25, -0.2) is 4.98 Å². The summed E-state index contributed by atoms with van der Waals surface area (Å²) < 4.78 is 6.17. The Morgan fingerprint density at radius 2 is 1.10 bits per heavy atom. The van der Waals surface area contributed by atoms with Gasteiger partial charge in [0.2, 0.25) is 0 Å². The van der Waals surface area contributed by atoms with Gasteiger partial charge < -0.3 is 9.13 Å². The zero-order valence-corrected chi connectivity index (χ0v) is 33.6. The lowest BCUT2D eigenvalue weighted by molar-refractivity contribution is 1.18. The molecule has 5 heteroatoms. The first kappa shape index (κ1) is 34.0. The van der Waals surface area contributed by atoms with Crippen LogP contribution in [0.15, 0.2) is 206 Å². The Hall–Kier alpha value is -7.86. The van der Waals surface area contributed by atoms with Crippen LogP contribution in [0.2, 0.25) is 0 Å². The van der Waals surface area contributed by atoms with Crippen molar-refractivity contribution in [1.82, 2.24) is 19.1 Å². The number of rotatable bonds is 5. The fraction of sp³-hybridized carbons (Fsp3) is 0. The van der Waals surface area contributed by atoms with Crippen LogP contribution in [0.5, 0.6) is 0 Å². The highest BCUT2D eigenvalue weighted by atomic mass is 32.1. The molecule has 13 aromatic rings. The van der Waals surface area contributed by atoms with Crippen LogP contribution in [-0.2, 0) is 0 Å². The van der Waals surface area contributed by atoms with Crippen LogP contribution >= 0.6 is 11.3 Å². The van der Waals surface area contributed by atoms with Crippen molar-refractivity contribution in [3.63, 3.8) is 0 Å². The number of hydrogen-bond donors (Lipinski definition) is 0. The van der Waals surface area contributed by atoms with Crippen LogP contribution in [0.1, 0.15) is 0 Å². The lowest BCUT2D eigenvalue weighted by Gasteiger charge is -2.14. The highest BCUT2D eigenvalue weighted by Gasteiger charge is 2.20. The number of aromatic nitrogens is 4. The third kappa shape index (κ3) is 5.24. The second kappa shape index (κ2) is 13.3. The number of para-hydroxylation sites is 3. The van der Waals surface area contributed by atoms with Gasteiger partial charge in [0.05, 0.1) is 38.8 Å². The van der Waals surface area contributed by atoms with Crippen LogP contribution < -0.4 is 0 Å². The van der Waals surface area contributed by atoms with Crippen molar-refractivity contribution >= 4 is 86.8 Å². The fourth-order valence-corrected chi connectivity index (χ4v) is 10.7. The van der Waals surface area contributed by atoms with Gasteiger partial charge >= 0.3 is 0 Å². The van der Waals surface area contributed by atoms with Gasteiger partial charge in [-0.2, -0.15) is 0 Å². The molecule has 4 nitrogen and oxygen atoms in total. The van der Waals surface area contributed by atoms with Gasteiger partial charge in [-0.3, -0.25) is 4.98 Å². The maximum atomic E-state index is 5.31. The molecule has 0 radical (unpaired) electrons. The summed E-state index contributed by atoms with van der Waals surface area (Å²) in [6.07, 6.45) is 1.86. The van der Waals surface area contributed by atoms with Crippen molar-refractivity contribution in [3.05, 3.63) is 206 Å². The lowest BCUT2D eigenvalue weighted by Crippen LogP contribution is -1.96. The summed E-state index contributed by atoms with van der Waals surface area (Å²) in [6, 6.07) is 72.5. The van der Waals surface area contributed by atoms with Gasteiger partial charge in [0, 0.05) is 60.0 Å². The highest BCUT2D eigenvalue weighted by Crippen LogP contribution is 2.43.